The van der Waals surface area contributed by atoms with Crippen LogP contribution in [0.15, 0.2) is 78.0 Å². The van der Waals surface area contributed by atoms with Crippen molar-refractivity contribution in [3.63, 3.8) is 0 Å². The van der Waals surface area contributed by atoms with Crippen LogP contribution in [0.4, 0.5) is 5.69 Å². The fourth-order valence-electron chi connectivity index (χ4n) is 2.87. The second-order valence-electron chi connectivity index (χ2n) is 6.09. The summed E-state index contributed by atoms with van der Waals surface area (Å²) in [5.41, 5.74) is 6.62. The number of hydrogen-bond donors (Lipinski definition) is 1. The lowest BCUT2D eigenvalue weighted by Crippen LogP contribution is -2.34. The Labute approximate surface area is 164 Å². The second kappa shape index (κ2) is 9.41. The SMILES string of the molecule is CCN(C(=O)CO/N=C(\N)COc1ccccc1)c1cccc2ccccc12. The summed E-state index contributed by atoms with van der Waals surface area (Å²) in [4.78, 5) is 19.5. The van der Waals surface area contributed by atoms with Crippen molar-refractivity contribution in [1.29, 1.82) is 0 Å². The monoisotopic (exact) mass is 377 g/mol. The van der Waals surface area contributed by atoms with Crippen LogP contribution in [0.5, 0.6) is 5.75 Å². The quantitative estimate of drug-likeness (QED) is 0.370. The molecule has 0 saturated heterocycles. The van der Waals surface area contributed by atoms with E-state index in [-0.39, 0.29) is 25.0 Å². The van der Waals surface area contributed by atoms with Crippen LogP contribution >= 0.6 is 0 Å². The minimum Gasteiger partial charge on any atom is -0.486 e. The molecule has 0 heterocycles. The number of nitrogens with two attached hydrogens (primary N) is 1. The van der Waals surface area contributed by atoms with Gasteiger partial charge in [0.25, 0.3) is 5.91 Å². The van der Waals surface area contributed by atoms with Gasteiger partial charge >= 0.3 is 0 Å². The van der Waals surface area contributed by atoms with Gasteiger partial charge in [-0.25, -0.2) is 0 Å². The summed E-state index contributed by atoms with van der Waals surface area (Å²) in [7, 11) is 0. The number of carbonyl (C=O) groups is 1. The molecule has 0 unspecified atom stereocenters. The Balaban J connectivity index is 1.59. The average molecular weight is 377 g/mol. The minimum absolute atomic E-state index is 0.0824. The van der Waals surface area contributed by atoms with Gasteiger partial charge in [-0.2, -0.15) is 0 Å². The summed E-state index contributed by atoms with van der Waals surface area (Å²) in [6, 6.07) is 23.1. The first kappa shape index (κ1) is 19.2. The number of amides is 1. The molecule has 0 fully saturated rings. The molecule has 0 bridgehead atoms. The van der Waals surface area contributed by atoms with Crippen LogP contribution in [0.1, 0.15) is 6.92 Å². The molecule has 3 aromatic rings. The summed E-state index contributed by atoms with van der Waals surface area (Å²) >= 11 is 0. The standard InChI is InChI=1S/C22H23N3O3/c1-2-25(20-14-8-10-17-9-6-7-13-19(17)20)22(26)16-28-24-21(23)15-27-18-11-4-3-5-12-18/h3-14H,2,15-16H2,1H3,(H2,23,24). The fraction of sp³-hybridized carbons (Fsp3) is 0.182. The largest absolute Gasteiger partial charge is 0.486 e. The number of anilines is 1. The van der Waals surface area contributed by atoms with E-state index in [2.05, 4.69) is 5.16 Å². The zero-order valence-corrected chi connectivity index (χ0v) is 15.7. The third-order valence-corrected chi connectivity index (χ3v) is 4.17. The molecule has 28 heavy (non-hydrogen) atoms. The normalized spacial score (nSPS) is 11.2. The molecule has 0 saturated carbocycles. The molecular formula is C22H23N3O3. The van der Waals surface area contributed by atoms with E-state index in [0.29, 0.717) is 12.3 Å². The van der Waals surface area contributed by atoms with E-state index in [1.54, 1.807) is 4.90 Å². The Morgan fingerprint density at radius 2 is 1.68 bits per heavy atom. The van der Waals surface area contributed by atoms with Crippen molar-refractivity contribution < 1.29 is 14.4 Å². The number of nitrogens with zero attached hydrogens (tertiary/aromatic N) is 2. The number of ether oxygens (including phenoxy) is 1. The Morgan fingerprint density at radius 1 is 0.964 bits per heavy atom. The lowest BCUT2D eigenvalue weighted by atomic mass is 10.1. The molecule has 0 aliphatic heterocycles. The molecule has 2 N–H and O–H groups in total. The molecule has 0 radical (unpaired) electrons. The van der Waals surface area contributed by atoms with Gasteiger partial charge in [0.15, 0.2) is 12.4 Å². The molecule has 3 aromatic carbocycles. The van der Waals surface area contributed by atoms with E-state index < -0.39 is 0 Å². The van der Waals surface area contributed by atoms with E-state index in [9.17, 15) is 4.79 Å². The Morgan fingerprint density at radius 3 is 2.46 bits per heavy atom. The predicted molar refractivity (Wildman–Crippen MR) is 111 cm³/mol. The molecule has 144 valence electrons. The maximum absolute atomic E-state index is 12.6. The maximum Gasteiger partial charge on any atom is 0.267 e. The molecule has 0 spiro atoms. The number of carbonyl (C=O) groups excluding carboxylic acids is 1. The Bertz CT molecular complexity index is 952. The van der Waals surface area contributed by atoms with Crippen LogP contribution in [0.2, 0.25) is 0 Å². The van der Waals surface area contributed by atoms with E-state index in [0.717, 1.165) is 16.5 Å². The van der Waals surface area contributed by atoms with Gasteiger partial charge < -0.3 is 20.2 Å². The van der Waals surface area contributed by atoms with Crippen LogP contribution in [0.25, 0.3) is 10.8 Å². The number of amidine groups is 1. The topological polar surface area (TPSA) is 77.2 Å². The van der Waals surface area contributed by atoms with Crippen molar-refractivity contribution in [3.05, 3.63) is 72.8 Å². The van der Waals surface area contributed by atoms with Gasteiger partial charge in [0.05, 0.1) is 5.69 Å². The minimum atomic E-state index is -0.205. The molecular weight excluding hydrogens is 354 g/mol. The molecule has 0 aliphatic rings. The number of hydrogen-bond acceptors (Lipinski definition) is 4. The van der Waals surface area contributed by atoms with Gasteiger partial charge in [0, 0.05) is 11.9 Å². The third-order valence-electron chi connectivity index (χ3n) is 4.17. The third kappa shape index (κ3) is 4.79. The molecule has 6 heteroatoms. The zero-order chi connectivity index (χ0) is 19.8. The van der Waals surface area contributed by atoms with Crippen molar-refractivity contribution >= 4 is 28.2 Å². The zero-order valence-electron chi connectivity index (χ0n) is 15.7. The number of benzene rings is 3. The molecule has 0 aliphatic carbocycles. The van der Waals surface area contributed by atoms with E-state index in [4.69, 9.17) is 15.3 Å². The lowest BCUT2D eigenvalue weighted by Gasteiger charge is -2.22. The van der Waals surface area contributed by atoms with Crippen molar-refractivity contribution in [3.8, 4) is 5.75 Å². The number of likely N-dealkylation sites (N-methyl/N-ethyl adjacent to an activating group) is 1. The first-order chi connectivity index (χ1) is 13.7. The number of rotatable bonds is 8. The van der Waals surface area contributed by atoms with Crippen LogP contribution < -0.4 is 15.4 Å². The number of oxime groups is 1. The number of para-hydroxylation sites is 1. The number of fused-ring (bicyclic) bond motifs is 1. The summed E-state index contributed by atoms with van der Waals surface area (Å²) in [6.07, 6.45) is 0. The fourth-order valence-corrected chi connectivity index (χ4v) is 2.87. The average Bonchev–Trinajstić information content (AvgIpc) is 2.74. The smallest absolute Gasteiger partial charge is 0.267 e. The van der Waals surface area contributed by atoms with Crippen molar-refractivity contribution in [2.75, 3.05) is 24.7 Å². The van der Waals surface area contributed by atoms with E-state index in [1.165, 1.54) is 0 Å². The van der Waals surface area contributed by atoms with E-state index >= 15 is 0 Å². The Hall–Kier alpha value is -3.54. The molecule has 3 rings (SSSR count). The lowest BCUT2D eigenvalue weighted by molar-refractivity contribution is -0.123. The van der Waals surface area contributed by atoms with Gasteiger partial charge in [-0.15, -0.1) is 0 Å². The summed E-state index contributed by atoms with van der Waals surface area (Å²) in [5.74, 6) is 0.647. The highest BCUT2D eigenvalue weighted by atomic mass is 16.6. The van der Waals surface area contributed by atoms with E-state index in [1.807, 2.05) is 79.7 Å². The van der Waals surface area contributed by atoms with Crippen molar-refractivity contribution in [2.45, 2.75) is 6.92 Å². The van der Waals surface area contributed by atoms with Crippen LogP contribution in [0, 0.1) is 0 Å². The Kier molecular flexibility index (Phi) is 6.46. The van der Waals surface area contributed by atoms with Crippen molar-refractivity contribution in [2.24, 2.45) is 10.9 Å². The summed E-state index contributed by atoms with van der Waals surface area (Å²) in [6.45, 7) is 2.32. The summed E-state index contributed by atoms with van der Waals surface area (Å²) < 4.78 is 5.48. The predicted octanol–water partition coefficient (Wildman–Crippen LogP) is 3.56. The summed E-state index contributed by atoms with van der Waals surface area (Å²) in [5, 5.41) is 5.86. The van der Waals surface area contributed by atoms with Crippen LogP contribution in [0.3, 0.4) is 0 Å². The van der Waals surface area contributed by atoms with Gasteiger partial charge in [0.2, 0.25) is 0 Å². The van der Waals surface area contributed by atoms with Crippen LogP contribution in [-0.2, 0) is 9.63 Å². The molecule has 1 amide bonds. The van der Waals surface area contributed by atoms with Gasteiger partial charge in [-0.1, -0.05) is 59.8 Å². The van der Waals surface area contributed by atoms with Crippen LogP contribution in [-0.4, -0.2) is 31.5 Å². The van der Waals surface area contributed by atoms with Gasteiger partial charge in [-0.05, 0) is 30.5 Å². The highest BCUT2D eigenvalue weighted by Crippen LogP contribution is 2.26. The first-order valence-corrected chi connectivity index (χ1v) is 9.09. The molecule has 0 aromatic heterocycles. The van der Waals surface area contributed by atoms with Gasteiger partial charge in [0.1, 0.15) is 12.4 Å². The second-order valence-corrected chi connectivity index (χ2v) is 6.09. The maximum atomic E-state index is 12.6. The van der Waals surface area contributed by atoms with Gasteiger partial charge in [-0.3, -0.25) is 4.79 Å². The molecule has 0 atom stereocenters. The first-order valence-electron chi connectivity index (χ1n) is 9.09. The molecule has 6 nitrogen and oxygen atoms in total. The highest BCUT2D eigenvalue weighted by molar-refractivity contribution is 6.04. The van der Waals surface area contributed by atoms with Crippen molar-refractivity contribution in [1.82, 2.24) is 0 Å². The highest BCUT2D eigenvalue weighted by Gasteiger charge is 2.16.